The largest absolute Gasteiger partial charge is 0.491 e. The zero-order chi connectivity index (χ0) is 19.3. The van der Waals surface area contributed by atoms with Crippen molar-refractivity contribution in [2.75, 3.05) is 39.2 Å². The molecule has 144 valence electrons. The number of hydrogen-bond donors (Lipinski definition) is 2. The standard InChI is InChI=1S/C19H29N3O4/c1-12-9-20-13(2)11-26-17-7-6-15(21-14(3)23)8-16(17)19(24)22(4)10-18(12)25-5/h6-8,12-13,18,20H,9-11H2,1-5H3,(H,21,23)/t12-,13-,18-/m0/s1. The topological polar surface area (TPSA) is 79.9 Å². The normalized spacial score (nSPS) is 24.7. The molecular formula is C19H29N3O4. The van der Waals surface area contributed by atoms with Crippen molar-refractivity contribution in [3.8, 4) is 5.75 Å². The van der Waals surface area contributed by atoms with Crippen molar-refractivity contribution in [1.82, 2.24) is 10.2 Å². The Bertz CT molecular complexity index is 650. The van der Waals surface area contributed by atoms with Gasteiger partial charge in [-0.25, -0.2) is 0 Å². The highest BCUT2D eigenvalue weighted by atomic mass is 16.5. The van der Waals surface area contributed by atoms with Crippen LogP contribution >= 0.6 is 0 Å². The van der Waals surface area contributed by atoms with Gasteiger partial charge in [0.25, 0.3) is 5.91 Å². The molecule has 0 spiro atoms. The third-order valence-electron chi connectivity index (χ3n) is 4.55. The van der Waals surface area contributed by atoms with E-state index in [1.807, 2.05) is 6.92 Å². The average Bonchev–Trinajstić information content (AvgIpc) is 2.60. The molecule has 0 aromatic heterocycles. The van der Waals surface area contributed by atoms with E-state index in [1.54, 1.807) is 37.3 Å². The molecule has 2 N–H and O–H groups in total. The number of hydrogen-bond acceptors (Lipinski definition) is 5. The van der Waals surface area contributed by atoms with Gasteiger partial charge in [0, 0.05) is 45.9 Å². The molecule has 7 nitrogen and oxygen atoms in total. The van der Waals surface area contributed by atoms with E-state index in [1.165, 1.54) is 6.92 Å². The molecule has 0 saturated heterocycles. The SMILES string of the molecule is CO[C@H]1CN(C)C(=O)c2cc(NC(C)=O)ccc2OC[C@H](C)NC[C@@H]1C. The number of benzene rings is 1. The predicted octanol–water partition coefficient (Wildman–Crippen LogP) is 1.74. The minimum atomic E-state index is -0.189. The van der Waals surface area contributed by atoms with Gasteiger partial charge in [0.2, 0.25) is 5.91 Å². The summed E-state index contributed by atoms with van der Waals surface area (Å²) in [7, 11) is 3.42. The van der Waals surface area contributed by atoms with E-state index in [9.17, 15) is 9.59 Å². The summed E-state index contributed by atoms with van der Waals surface area (Å²) in [6.45, 7) is 7.26. The maximum Gasteiger partial charge on any atom is 0.257 e. The molecule has 0 bridgehead atoms. The number of carbonyl (C=O) groups is 2. The molecule has 0 saturated carbocycles. The monoisotopic (exact) mass is 363 g/mol. The quantitative estimate of drug-likeness (QED) is 0.837. The van der Waals surface area contributed by atoms with Crippen LogP contribution in [-0.2, 0) is 9.53 Å². The van der Waals surface area contributed by atoms with Gasteiger partial charge in [0.1, 0.15) is 12.4 Å². The molecule has 1 aliphatic heterocycles. The molecule has 0 aliphatic carbocycles. The van der Waals surface area contributed by atoms with E-state index in [4.69, 9.17) is 9.47 Å². The van der Waals surface area contributed by atoms with Crippen LogP contribution < -0.4 is 15.4 Å². The van der Waals surface area contributed by atoms with Crippen LogP contribution in [0.5, 0.6) is 5.75 Å². The molecule has 1 heterocycles. The van der Waals surface area contributed by atoms with Gasteiger partial charge in [-0.05, 0) is 31.0 Å². The predicted molar refractivity (Wildman–Crippen MR) is 101 cm³/mol. The van der Waals surface area contributed by atoms with Crippen LogP contribution in [0.4, 0.5) is 5.69 Å². The van der Waals surface area contributed by atoms with Crippen molar-refractivity contribution in [3.05, 3.63) is 23.8 Å². The van der Waals surface area contributed by atoms with Crippen molar-refractivity contribution < 1.29 is 19.1 Å². The Morgan fingerprint density at radius 1 is 1.38 bits per heavy atom. The Hall–Kier alpha value is -2.12. The number of rotatable bonds is 2. The maximum atomic E-state index is 13.0. The number of nitrogens with zero attached hydrogens (tertiary/aromatic N) is 1. The first-order chi connectivity index (χ1) is 12.3. The number of methoxy groups -OCH3 is 1. The van der Waals surface area contributed by atoms with Gasteiger partial charge in [-0.3, -0.25) is 9.59 Å². The van der Waals surface area contributed by atoms with Gasteiger partial charge in [-0.15, -0.1) is 0 Å². The summed E-state index contributed by atoms with van der Waals surface area (Å²) >= 11 is 0. The summed E-state index contributed by atoms with van der Waals surface area (Å²) in [5, 5.41) is 6.15. The number of nitrogens with one attached hydrogen (secondary N) is 2. The van der Waals surface area contributed by atoms with Crippen molar-refractivity contribution in [3.63, 3.8) is 0 Å². The molecule has 3 atom stereocenters. The summed E-state index contributed by atoms with van der Waals surface area (Å²) in [6.07, 6.45) is -0.0778. The van der Waals surface area contributed by atoms with Crippen molar-refractivity contribution in [1.29, 1.82) is 0 Å². The highest BCUT2D eigenvalue weighted by Crippen LogP contribution is 2.25. The summed E-state index contributed by atoms with van der Waals surface area (Å²) in [5.74, 6) is 0.392. The third-order valence-corrected chi connectivity index (χ3v) is 4.55. The van der Waals surface area contributed by atoms with Crippen LogP contribution in [0.15, 0.2) is 18.2 Å². The highest BCUT2D eigenvalue weighted by Gasteiger charge is 2.25. The van der Waals surface area contributed by atoms with Crippen LogP contribution in [0.25, 0.3) is 0 Å². The fourth-order valence-corrected chi connectivity index (χ4v) is 2.94. The Balaban J connectivity index is 2.37. The Labute approximate surface area is 155 Å². The smallest absolute Gasteiger partial charge is 0.257 e. The van der Waals surface area contributed by atoms with Gasteiger partial charge < -0.3 is 25.0 Å². The second-order valence-electron chi connectivity index (χ2n) is 6.95. The van der Waals surface area contributed by atoms with Crippen LogP contribution in [-0.4, -0.2) is 62.7 Å². The van der Waals surface area contributed by atoms with E-state index in [0.29, 0.717) is 30.2 Å². The van der Waals surface area contributed by atoms with Crippen LogP contribution in [0.1, 0.15) is 31.1 Å². The van der Waals surface area contributed by atoms with Gasteiger partial charge in [0.15, 0.2) is 0 Å². The Morgan fingerprint density at radius 3 is 2.77 bits per heavy atom. The number of carbonyl (C=O) groups excluding carboxylic acids is 2. The van der Waals surface area contributed by atoms with Gasteiger partial charge in [-0.1, -0.05) is 6.92 Å². The lowest BCUT2D eigenvalue weighted by molar-refractivity contribution is -0.114. The number of fused-ring (bicyclic) bond motifs is 1. The number of amides is 2. The molecule has 1 aliphatic rings. The molecular weight excluding hydrogens is 334 g/mol. The molecule has 1 aromatic carbocycles. The molecule has 2 amide bonds. The zero-order valence-electron chi connectivity index (χ0n) is 16.2. The number of likely N-dealkylation sites (N-methyl/N-ethyl adjacent to an activating group) is 1. The number of ether oxygens (including phenoxy) is 2. The Kier molecular flexibility index (Phi) is 6.99. The van der Waals surface area contributed by atoms with Crippen molar-refractivity contribution in [2.45, 2.75) is 32.9 Å². The first-order valence-corrected chi connectivity index (χ1v) is 8.88. The summed E-state index contributed by atoms with van der Waals surface area (Å²) in [4.78, 5) is 26.0. The zero-order valence-corrected chi connectivity index (χ0v) is 16.2. The molecule has 1 aromatic rings. The van der Waals surface area contributed by atoms with Crippen molar-refractivity contribution >= 4 is 17.5 Å². The van der Waals surface area contributed by atoms with Crippen molar-refractivity contribution in [2.24, 2.45) is 5.92 Å². The lowest BCUT2D eigenvalue weighted by Crippen LogP contribution is -2.44. The van der Waals surface area contributed by atoms with Gasteiger partial charge >= 0.3 is 0 Å². The first-order valence-electron chi connectivity index (χ1n) is 8.88. The van der Waals surface area contributed by atoms with Crippen LogP contribution in [0.3, 0.4) is 0 Å². The second kappa shape index (κ2) is 9.00. The molecule has 0 fully saturated rings. The van der Waals surface area contributed by atoms with Crippen LogP contribution in [0, 0.1) is 5.92 Å². The minimum Gasteiger partial charge on any atom is -0.491 e. The fraction of sp³-hybridized carbons (Fsp3) is 0.579. The highest BCUT2D eigenvalue weighted by molar-refractivity contribution is 5.99. The molecule has 7 heteroatoms. The summed E-state index contributed by atoms with van der Waals surface area (Å²) in [5.41, 5.74) is 0.991. The maximum absolute atomic E-state index is 13.0. The van der Waals surface area contributed by atoms with E-state index >= 15 is 0 Å². The lowest BCUT2D eigenvalue weighted by Gasteiger charge is -2.30. The second-order valence-corrected chi connectivity index (χ2v) is 6.95. The lowest BCUT2D eigenvalue weighted by atomic mass is 10.0. The average molecular weight is 363 g/mol. The van der Waals surface area contributed by atoms with E-state index in [-0.39, 0.29) is 29.9 Å². The number of anilines is 1. The van der Waals surface area contributed by atoms with Gasteiger partial charge in [-0.2, -0.15) is 0 Å². The summed E-state index contributed by atoms with van der Waals surface area (Å²) in [6, 6.07) is 5.24. The first kappa shape index (κ1) is 20.2. The van der Waals surface area contributed by atoms with Gasteiger partial charge in [0.05, 0.1) is 11.7 Å². The molecule has 26 heavy (non-hydrogen) atoms. The van der Waals surface area contributed by atoms with E-state index in [0.717, 1.165) is 6.54 Å². The Morgan fingerprint density at radius 2 is 2.12 bits per heavy atom. The molecule has 0 unspecified atom stereocenters. The fourth-order valence-electron chi connectivity index (χ4n) is 2.94. The van der Waals surface area contributed by atoms with E-state index in [2.05, 4.69) is 17.6 Å². The summed E-state index contributed by atoms with van der Waals surface area (Å²) < 4.78 is 11.5. The van der Waals surface area contributed by atoms with E-state index < -0.39 is 0 Å². The van der Waals surface area contributed by atoms with Crippen LogP contribution in [0.2, 0.25) is 0 Å². The molecule has 2 rings (SSSR count). The minimum absolute atomic E-state index is 0.0778. The third kappa shape index (κ3) is 5.19. The molecule has 0 radical (unpaired) electrons.